The van der Waals surface area contributed by atoms with E-state index in [2.05, 4.69) is 13.8 Å². The summed E-state index contributed by atoms with van der Waals surface area (Å²) in [6.07, 6.45) is 4.23. The van der Waals surface area contributed by atoms with Gasteiger partial charge in [0.1, 0.15) is 5.75 Å². The molecule has 5 heteroatoms. The minimum atomic E-state index is -3.57. The van der Waals surface area contributed by atoms with E-state index in [1.165, 1.54) is 35.9 Å². The van der Waals surface area contributed by atoms with Crippen LogP contribution in [0.2, 0.25) is 0 Å². The predicted molar refractivity (Wildman–Crippen MR) is 95.8 cm³/mol. The lowest BCUT2D eigenvalue weighted by Gasteiger charge is -2.04. The van der Waals surface area contributed by atoms with Crippen LogP contribution in [-0.4, -0.2) is 20.5 Å². The van der Waals surface area contributed by atoms with Gasteiger partial charge >= 0.3 is 10.1 Å². The van der Waals surface area contributed by atoms with E-state index in [0.717, 1.165) is 11.8 Å². The van der Waals surface area contributed by atoms with Gasteiger partial charge in [-0.3, -0.25) is 4.79 Å². The van der Waals surface area contributed by atoms with E-state index in [4.69, 9.17) is 4.18 Å². The van der Waals surface area contributed by atoms with Crippen molar-refractivity contribution in [2.24, 2.45) is 0 Å². The maximum absolute atomic E-state index is 12.1. The molecule has 2 rings (SSSR count). The molecule has 0 atom stereocenters. The fourth-order valence-electron chi connectivity index (χ4n) is 2.11. The van der Waals surface area contributed by atoms with E-state index in [1.54, 1.807) is 6.08 Å². The zero-order chi connectivity index (χ0) is 17.7. The fraction of sp³-hybridized carbons (Fsp3) is 0.211. The standard InChI is InChI=1S/C19H20O4S/c1-14(2)16-7-4-15(5-8-16)6-13-19(20)17-9-11-18(12-10-17)23-24(3,21)22/h4-14H,1-3H3. The molecule has 0 bridgehead atoms. The normalized spacial score (nSPS) is 11.8. The Hall–Kier alpha value is -2.40. The summed E-state index contributed by atoms with van der Waals surface area (Å²) in [7, 11) is -3.57. The number of carbonyl (C=O) groups is 1. The molecule has 2 aromatic rings. The van der Waals surface area contributed by atoms with Crippen molar-refractivity contribution < 1.29 is 17.4 Å². The van der Waals surface area contributed by atoms with Gasteiger partial charge in [-0.25, -0.2) is 0 Å². The second-order valence-corrected chi connectivity index (χ2v) is 7.41. The van der Waals surface area contributed by atoms with Gasteiger partial charge in [0.25, 0.3) is 0 Å². The van der Waals surface area contributed by atoms with E-state index in [0.29, 0.717) is 11.5 Å². The van der Waals surface area contributed by atoms with Crippen LogP contribution in [0.25, 0.3) is 6.08 Å². The van der Waals surface area contributed by atoms with Crippen LogP contribution in [0.1, 0.15) is 41.3 Å². The first-order valence-electron chi connectivity index (χ1n) is 7.56. The molecule has 0 fully saturated rings. The summed E-state index contributed by atoms with van der Waals surface area (Å²) in [6, 6.07) is 14.0. The Labute approximate surface area is 142 Å². The number of hydrogen-bond acceptors (Lipinski definition) is 4. The molecule has 24 heavy (non-hydrogen) atoms. The monoisotopic (exact) mass is 344 g/mol. The SMILES string of the molecule is CC(C)c1ccc(C=CC(=O)c2ccc(OS(C)(=O)=O)cc2)cc1. The Morgan fingerprint density at radius 3 is 2.08 bits per heavy atom. The van der Waals surface area contributed by atoms with Crippen molar-refractivity contribution in [3.05, 3.63) is 71.3 Å². The summed E-state index contributed by atoms with van der Waals surface area (Å²) in [5.74, 6) is 0.494. The lowest BCUT2D eigenvalue weighted by molar-refractivity contribution is 0.104. The number of allylic oxidation sites excluding steroid dienone is 1. The molecule has 126 valence electrons. The molecule has 0 N–H and O–H groups in total. The number of ketones is 1. The lowest BCUT2D eigenvalue weighted by atomic mass is 10.0. The Morgan fingerprint density at radius 2 is 1.58 bits per heavy atom. The predicted octanol–water partition coefficient (Wildman–Crippen LogP) is 4.04. The molecule has 0 heterocycles. The number of carbonyl (C=O) groups excluding carboxylic acids is 1. The zero-order valence-electron chi connectivity index (χ0n) is 13.9. The van der Waals surface area contributed by atoms with Gasteiger partial charge in [-0.15, -0.1) is 0 Å². The third-order valence-corrected chi connectivity index (χ3v) is 3.91. The number of rotatable bonds is 6. The average molecular weight is 344 g/mol. The van der Waals surface area contributed by atoms with E-state index in [9.17, 15) is 13.2 Å². The molecule has 0 aliphatic heterocycles. The van der Waals surface area contributed by atoms with Crippen LogP contribution in [0.3, 0.4) is 0 Å². The maximum atomic E-state index is 12.1. The molecule has 0 saturated heterocycles. The summed E-state index contributed by atoms with van der Waals surface area (Å²) >= 11 is 0. The molecule has 0 amide bonds. The van der Waals surface area contributed by atoms with Gasteiger partial charge in [0, 0.05) is 5.56 Å². The van der Waals surface area contributed by atoms with Crippen LogP contribution < -0.4 is 4.18 Å². The van der Waals surface area contributed by atoms with Crippen molar-refractivity contribution in [3.63, 3.8) is 0 Å². The largest absolute Gasteiger partial charge is 0.383 e. The van der Waals surface area contributed by atoms with E-state index < -0.39 is 10.1 Å². The Bertz CT molecular complexity index is 830. The van der Waals surface area contributed by atoms with Crippen LogP contribution in [0, 0.1) is 0 Å². The summed E-state index contributed by atoms with van der Waals surface area (Å²) in [5.41, 5.74) is 2.66. The van der Waals surface area contributed by atoms with Crippen LogP contribution in [0.15, 0.2) is 54.6 Å². The fourth-order valence-corrected chi connectivity index (χ4v) is 2.57. The average Bonchev–Trinajstić information content (AvgIpc) is 2.52. The van der Waals surface area contributed by atoms with Gasteiger partial charge in [-0.1, -0.05) is 44.2 Å². The number of benzene rings is 2. The Balaban J connectivity index is 2.06. The highest BCUT2D eigenvalue weighted by Gasteiger charge is 2.06. The molecular weight excluding hydrogens is 324 g/mol. The van der Waals surface area contributed by atoms with Crippen LogP contribution >= 0.6 is 0 Å². The van der Waals surface area contributed by atoms with Crippen LogP contribution in [-0.2, 0) is 10.1 Å². The van der Waals surface area contributed by atoms with Crippen molar-refractivity contribution in [2.75, 3.05) is 6.26 Å². The highest BCUT2D eigenvalue weighted by Crippen LogP contribution is 2.17. The van der Waals surface area contributed by atoms with Gasteiger partial charge in [-0.05, 0) is 47.4 Å². The molecule has 2 aromatic carbocycles. The quantitative estimate of drug-likeness (QED) is 0.451. The third-order valence-electron chi connectivity index (χ3n) is 3.42. The molecular formula is C19H20O4S. The van der Waals surface area contributed by atoms with Gasteiger partial charge in [0.05, 0.1) is 6.26 Å². The van der Waals surface area contributed by atoms with Crippen LogP contribution in [0.5, 0.6) is 5.75 Å². The van der Waals surface area contributed by atoms with Gasteiger partial charge in [0.15, 0.2) is 5.78 Å². The Kier molecular flexibility index (Phi) is 5.57. The first-order chi connectivity index (χ1) is 11.2. The minimum absolute atomic E-state index is 0.158. The van der Waals surface area contributed by atoms with E-state index in [-0.39, 0.29) is 11.5 Å². The van der Waals surface area contributed by atoms with E-state index in [1.807, 2.05) is 24.3 Å². The second kappa shape index (κ2) is 7.45. The highest BCUT2D eigenvalue weighted by molar-refractivity contribution is 7.86. The molecule has 0 saturated carbocycles. The second-order valence-electron chi connectivity index (χ2n) is 5.83. The third kappa shape index (κ3) is 5.35. The maximum Gasteiger partial charge on any atom is 0.306 e. The lowest BCUT2D eigenvalue weighted by Crippen LogP contribution is -2.05. The molecule has 0 aliphatic carbocycles. The van der Waals surface area contributed by atoms with Crippen molar-refractivity contribution in [2.45, 2.75) is 19.8 Å². The molecule has 0 spiro atoms. The topological polar surface area (TPSA) is 60.4 Å². The first kappa shape index (κ1) is 17.9. The molecule has 4 nitrogen and oxygen atoms in total. The molecule has 0 unspecified atom stereocenters. The van der Waals surface area contributed by atoms with Crippen LogP contribution in [0.4, 0.5) is 0 Å². The summed E-state index contributed by atoms with van der Waals surface area (Å²) < 4.78 is 26.8. The smallest absolute Gasteiger partial charge is 0.306 e. The van der Waals surface area contributed by atoms with Crippen molar-refractivity contribution in [1.82, 2.24) is 0 Å². The Morgan fingerprint density at radius 1 is 1.00 bits per heavy atom. The number of hydrogen-bond donors (Lipinski definition) is 0. The van der Waals surface area contributed by atoms with Crippen molar-refractivity contribution >= 4 is 22.0 Å². The van der Waals surface area contributed by atoms with Gasteiger partial charge in [-0.2, -0.15) is 8.42 Å². The zero-order valence-corrected chi connectivity index (χ0v) is 14.7. The summed E-state index contributed by atoms with van der Waals surface area (Å²) in [6.45, 7) is 4.26. The minimum Gasteiger partial charge on any atom is -0.383 e. The van der Waals surface area contributed by atoms with Crippen molar-refractivity contribution in [1.29, 1.82) is 0 Å². The molecule has 0 aromatic heterocycles. The summed E-state index contributed by atoms with van der Waals surface area (Å²) in [4.78, 5) is 12.1. The van der Waals surface area contributed by atoms with Gasteiger partial charge < -0.3 is 4.18 Å². The first-order valence-corrected chi connectivity index (χ1v) is 9.38. The van der Waals surface area contributed by atoms with Gasteiger partial charge in [0.2, 0.25) is 0 Å². The molecule has 0 aliphatic rings. The summed E-state index contributed by atoms with van der Waals surface area (Å²) in [5, 5.41) is 0. The molecule has 0 radical (unpaired) electrons. The highest BCUT2D eigenvalue weighted by atomic mass is 32.2. The van der Waals surface area contributed by atoms with Crippen molar-refractivity contribution in [3.8, 4) is 5.75 Å². The van der Waals surface area contributed by atoms with E-state index >= 15 is 0 Å².